The summed E-state index contributed by atoms with van der Waals surface area (Å²) >= 11 is 0. The van der Waals surface area contributed by atoms with Crippen LogP contribution in [0.4, 0.5) is 4.79 Å². The zero-order valence-corrected chi connectivity index (χ0v) is 16.0. The number of hydrogen-bond acceptors (Lipinski definition) is 6. The van der Waals surface area contributed by atoms with Gasteiger partial charge in [-0.15, -0.1) is 0 Å². The van der Waals surface area contributed by atoms with E-state index in [1.165, 1.54) is 0 Å². The summed E-state index contributed by atoms with van der Waals surface area (Å²) in [6.07, 6.45) is -0.0189. The first-order chi connectivity index (χ1) is 10.3. The van der Waals surface area contributed by atoms with E-state index in [0.29, 0.717) is 26.1 Å². The van der Waals surface area contributed by atoms with Gasteiger partial charge in [0, 0.05) is 37.6 Å². The van der Waals surface area contributed by atoms with Crippen LogP contribution in [0.1, 0.15) is 41.0 Å². The molecule has 0 saturated heterocycles. The predicted octanol–water partition coefficient (Wildman–Crippen LogP) is 2.38. The zero-order chi connectivity index (χ0) is 17.4. The number of nitrogens with two attached hydrogens (primary N) is 1. The third kappa shape index (κ3) is 19.4. The predicted molar refractivity (Wildman–Crippen MR) is 97.2 cm³/mol. The lowest BCUT2D eigenvalue weighted by Gasteiger charge is -2.19. The fraction of sp³-hybridized carbons (Fsp3) is 0.857. The van der Waals surface area contributed by atoms with E-state index in [0.717, 1.165) is 11.5 Å². The van der Waals surface area contributed by atoms with Gasteiger partial charge in [0.25, 0.3) is 0 Å². The number of ether oxygens (including phenoxy) is 1. The summed E-state index contributed by atoms with van der Waals surface area (Å²) in [6, 6.07) is 0. The molecule has 0 aromatic rings. The first kappa shape index (κ1) is 23.7. The van der Waals surface area contributed by atoms with Crippen LogP contribution in [0, 0.1) is 0 Å². The fourth-order valence-corrected chi connectivity index (χ4v) is 2.89. The van der Waals surface area contributed by atoms with Crippen LogP contribution < -0.4 is 16.4 Å². The Morgan fingerprint density at radius 1 is 1.05 bits per heavy atom. The van der Waals surface area contributed by atoms with E-state index in [9.17, 15) is 9.59 Å². The zero-order valence-electron chi connectivity index (χ0n) is 14.4. The minimum Gasteiger partial charge on any atom is -0.444 e. The first-order valence-corrected chi connectivity index (χ1v) is 10.0. The Kier molecular flexibility index (Phi) is 16.5. The van der Waals surface area contributed by atoms with E-state index in [1.54, 1.807) is 21.6 Å². The molecule has 0 unspecified atom stereocenters. The average molecular weight is 354 g/mol. The van der Waals surface area contributed by atoms with Crippen molar-refractivity contribution in [1.29, 1.82) is 0 Å². The minimum absolute atomic E-state index is 0.00954. The molecule has 6 nitrogen and oxygen atoms in total. The summed E-state index contributed by atoms with van der Waals surface area (Å²) in [4.78, 5) is 22.4. The maximum absolute atomic E-state index is 11.3. The van der Waals surface area contributed by atoms with Gasteiger partial charge in [0.1, 0.15) is 5.60 Å². The number of hydrogen-bond donors (Lipinski definition) is 3. The Morgan fingerprint density at radius 3 is 2.00 bits per heavy atom. The van der Waals surface area contributed by atoms with Crippen molar-refractivity contribution in [1.82, 2.24) is 10.6 Å². The molecule has 0 aliphatic carbocycles. The molecule has 0 heterocycles. The second kappa shape index (κ2) is 15.3. The minimum atomic E-state index is -0.465. The summed E-state index contributed by atoms with van der Waals surface area (Å²) in [7, 11) is 3.31. The van der Waals surface area contributed by atoms with Crippen LogP contribution in [0.2, 0.25) is 0 Å². The lowest BCUT2D eigenvalue weighted by Crippen LogP contribution is -2.33. The molecule has 4 N–H and O–H groups in total. The molecule has 0 aliphatic heterocycles. The molecule has 0 aromatic heterocycles. The SMILES string of the molecule is CC.CC(C)(C)OC(=O)NCCSSCCNC(=O)CCN. The molecule has 0 spiro atoms. The number of carbonyl (C=O) groups is 2. The van der Waals surface area contributed by atoms with Gasteiger partial charge in [0.05, 0.1) is 0 Å². The number of rotatable bonds is 9. The molecule has 0 radical (unpaired) electrons. The molecular formula is C14H31N3O3S2. The number of amides is 2. The van der Waals surface area contributed by atoms with Gasteiger partial charge in [-0.25, -0.2) is 4.79 Å². The van der Waals surface area contributed by atoms with E-state index < -0.39 is 11.7 Å². The Bertz CT molecular complexity index is 298. The van der Waals surface area contributed by atoms with E-state index in [2.05, 4.69) is 10.6 Å². The van der Waals surface area contributed by atoms with Crippen molar-refractivity contribution >= 4 is 33.6 Å². The third-order valence-electron chi connectivity index (χ3n) is 1.82. The maximum atomic E-state index is 11.3. The molecule has 0 saturated carbocycles. The van der Waals surface area contributed by atoms with Gasteiger partial charge >= 0.3 is 6.09 Å². The second-order valence-electron chi connectivity index (χ2n) is 4.96. The normalized spacial score (nSPS) is 10.3. The highest BCUT2D eigenvalue weighted by Gasteiger charge is 2.15. The Hall–Kier alpha value is -0.600. The van der Waals surface area contributed by atoms with E-state index >= 15 is 0 Å². The molecule has 0 atom stereocenters. The molecule has 0 aliphatic rings. The van der Waals surface area contributed by atoms with Crippen molar-refractivity contribution in [3.8, 4) is 0 Å². The Labute approximate surface area is 142 Å². The molecule has 0 fully saturated rings. The largest absolute Gasteiger partial charge is 0.444 e. The summed E-state index contributed by atoms with van der Waals surface area (Å²) in [5.41, 5.74) is 4.80. The van der Waals surface area contributed by atoms with Gasteiger partial charge in [0.15, 0.2) is 0 Å². The van der Waals surface area contributed by atoms with Gasteiger partial charge in [-0.3, -0.25) is 4.79 Å². The molecule has 22 heavy (non-hydrogen) atoms. The van der Waals surface area contributed by atoms with Crippen LogP contribution in [0.3, 0.4) is 0 Å². The van der Waals surface area contributed by atoms with Gasteiger partial charge in [-0.05, 0) is 20.8 Å². The fourth-order valence-electron chi connectivity index (χ4n) is 1.08. The highest BCUT2D eigenvalue weighted by atomic mass is 33.1. The van der Waals surface area contributed by atoms with Crippen LogP contribution >= 0.6 is 21.6 Å². The third-order valence-corrected chi connectivity index (χ3v) is 4.22. The number of nitrogens with one attached hydrogen (secondary N) is 2. The van der Waals surface area contributed by atoms with E-state index in [-0.39, 0.29) is 5.91 Å². The van der Waals surface area contributed by atoms with Crippen molar-refractivity contribution in [3.63, 3.8) is 0 Å². The van der Waals surface area contributed by atoms with Gasteiger partial charge < -0.3 is 21.1 Å². The average Bonchev–Trinajstić information content (AvgIpc) is 2.42. The molecular weight excluding hydrogens is 322 g/mol. The lowest BCUT2D eigenvalue weighted by molar-refractivity contribution is -0.120. The quantitative estimate of drug-likeness (QED) is 0.435. The van der Waals surface area contributed by atoms with Crippen molar-refractivity contribution in [2.75, 3.05) is 31.1 Å². The van der Waals surface area contributed by atoms with E-state index in [4.69, 9.17) is 10.5 Å². The van der Waals surface area contributed by atoms with Crippen LogP contribution in [0.25, 0.3) is 0 Å². The maximum Gasteiger partial charge on any atom is 0.407 e. The summed E-state index contributed by atoms with van der Waals surface area (Å²) < 4.78 is 5.11. The topological polar surface area (TPSA) is 93.5 Å². The van der Waals surface area contributed by atoms with Crippen molar-refractivity contribution in [2.24, 2.45) is 5.73 Å². The van der Waals surface area contributed by atoms with Gasteiger partial charge in [-0.1, -0.05) is 35.4 Å². The molecule has 8 heteroatoms. The van der Waals surface area contributed by atoms with Crippen LogP contribution in [-0.4, -0.2) is 48.7 Å². The van der Waals surface area contributed by atoms with Crippen LogP contribution in [0.15, 0.2) is 0 Å². The molecule has 132 valence electrons. The van der Waals surface area contributed by atoms with Crippen LogP contribution in [0.5, 0.6) is 0 Å². The molecule has 0 bridgehead atoms. The van der Waals surface area contributed by atoms with Gasteiger partial charge in [-0.2, -0.15) is 0 Å². The smallest absolute Gasteiger partial charge is 0.407 e. The standard InChI is InChI=1S/C12H25N3O3S2.C2H6/c1-12(2,3)18-11(17)15-7-9-20-19-8-6-14-10(16)4-5-13;1-2/h4-9,13H2,1-3H3,(H,14,16)(H,15,17);1-2H3. The summed E-state index contributed by atoms with van der Waals surface area (Å²) in [5.74, 6) is 1.61. The number of carbonyl (C=O) groups excluding carboxylic acids is 2. The molecule has 2 amide bonds. The monoisotopic (exact) mass is 353 g/mol. The Morgan fingerprint density at radius 2 is 1.55 bits per heavy atom. The van der Waals surface area contributed by atoms with Crippen LogP contribution in [-0.2, 0) is 9.53 Å². The highest BCUT2D eigenvalue weighted by Crippen LogP contribution is 2.19. The summed E-state index contributed by atoms with van der Waals surface area (Å²) in [6.45, 7) is 11.1. The summed E-state index contributed by atoms with van der Waals surface area (Å²) in [5, 5.41) is 5.46. The highest BCUT2D eigenvalue weighted by molar-refractivity contribution is 8.76. The van der Waals surface area contributed by atoms with Crippen molar-refractivity contribution in [2.45, 2.75) is 46.6 Å². The Balaban J connectivity index is 0. The van der Waals surface area contributed by atoms with E-state index in [1.807, 2.05) is 34.6 Å². The molecule has 0 rings (SSSR count). The van der Waals surface area contributed by atoms with Gasteiger partial charge in [0.2, 0.25) is 5.91 Å². The lowest BCUT2D eigenvalue weighted by atomic mass is 10.2. The number of alkyl carbamates (subject to hydrolysis) is 1. The van der Waals surface area contributed by atoms with Crippen molar-refractivity contribution < 1.29 is 14.3 Å². The van der Waals surface area contributed by atoms with Crippen molar-refractivity contribution in [3.05, 3.63) is 0 Å². The second-order valence-corrected chi connectivity index (χ2v) is 7.66. The molecule has 0 aromatic carbocycles. The first-order valence-electron chi connectivity index (χ1n) is 7.53.